The number of benzene rings is 2. The summed E-state index contributed by atoms with van der Waals surface area (Å²) in [5.74, 6) is 0.744. The highest BCUT2D eigenvalue weighted by Gasteiger charge is 2.17. The number of piperazine rings is 1. The molecule has 1 aliphatic rings. The van der Waals surface area contributed by atoms with Crippen LogP contribution in [0.15, 0.2) is 48.5 Å². The molecule has 8 nitrogen and oxygen atoms in total. The number of carbonyl (C=O) groups excluding carboxylic acids is 2. The highest BCUT2D eigenvalue weighted by Crippen LogP contribution is 2.26. The Balaban J connectivity index is 1.21. The average Bonchev–Trinajstić information content (AvgIpc) is 2.92. The fourth-order valence-electron chi connectivity index (χ4n) is 4.98. The number of nitrogens with one attached hydrogen (secondary N) is 2. The van der Waals surface area contributed by atoms with Gasteiger partial charge < -0.3 is 25.3 Å². The summed E-state index contributed by atoms with van der Waals surface area (Å²) in [5.41, 5.74) is 5.22. The van der Waals surface area contributed by atoms with E-state index >= 15 is 0 Å². The minimum atomic E-state index is -0.166. The van der Waals surface area contributed by atoms with Gasteiger partial charge in [-0.1, -0.05) is 12.1 Å². The highest BCUT2D eigenvalue weighted by atomic mass is 16.2. The van der Waals surface area contributed by atoms with E-state index in [-0.39, 0.29) is 24.7 Å². The number of hydrogen-bond acceptors (Lipinski definition) is 6. The zero-order valence-electron chi connectivity index (χ0n) is 23.8. The summed E-state index contributed by atoms with van der Waals surface area (Å²) in [7, 11) is 2.15. The number of hydrogen-bond donors (Lipinski definition) is 2. The fraction of sp³-hybridized carbons (Fsp3) is 0.452. The monoisotopic (exact) mass is 530 g/mol. The number of carbonyl (C=O) groups is 2. The van der Waals surface area contributed by atoms with E-state index in [0.29, 0.717) is 6.54 Å². The molecule has 2 amide bonds. The van der Waals surface area contributed by atoms with Crippen molar-refractivity contribution < 1.29 is 9.59 Å². The Morgan fingerprint density at radius 2 is 1.74 bits per heavy atom. The van der Waals surface area contributed by atoms with E-state index in [4.69, 9.17) is 4.98 Å². The van der Waals surface area contributed by atoms with Crippen LogP contribution in [0.1, 0.15) is 37.3 Å². The molecule has 0 saturated carbocycles. The standard InChI is InChI=1S/C31H42N6O2/c1-5-36(26-9-6-8-23(2)20-26)15-7-14-32-30(38)12-13-31(39)33-25-10-11-28-27(22-25)24(3)21-29(34-28)37-18-16-35(4)17-19-37/h6,8-11,20-22H,5,7,12-19H2,1-4H3,(H,32,38)(H,33,39). The van der Waals surface area contributed by atoms with E-state index in [1.54, 1.807) is 0 Å². The normalized spacial score (nSPS) is 13.9. The summed E-state index contributed by atoms with van der Waals surface area (Å²) < 4.78 is 0. The number of amides is 2. The van der Waals surface area contributed by atoms with Gasteiger partial charge in [-0.25, -0.2) is 4.98 Å². The average molecular weight is 531 g/mol. The van der Waals surface area contributed by atoms with Crippen LogP contribution >= 0.6 is 0 Å². The van der Waals surface area contributed by atoms with Gasteiger partial charge in [0.15, 0.2) is 0 Å². The van der Waals surface area contributed by atoms with Gasteiger partial charge >= 0.3 is 0 Å². The first-order valence-electron chi connectivity index (χ1n) is 14.1. The molecule has 1 aliphatic heterocycles. The topological polar surface area (TPSA) is 80.8 Å². The zero-order valence-corrected chi connectivity index (χ0v) is 23.8. The third kappa shape index (κ3) is 7.93. The Kier molecular flexibility index (Phi) is 9.76. The van der Waals surface area contributed by atoms with E-state index in [9.17, 15) is 9.59 Å². The molecule has 39 heavy (non-hydrogen) atoms. The number of nitrogens with zero attached hydrogens (tertiary/aromatic N) is 4. The molecule has 0 unspecified atom stereocenters. The molecule has 0 spiro atoms. The van der Waals surface area contributed by atoms with Gasteiger partial charge in [-0.15, -0.1) is 0 Å². The van der Waals surface area contributed by atoms with Crippen molar-refractivity contribution in [3.63, 3.8) is 0 Å². The van der Waals surface area contributed by atoms with Gasteiger partial charge in [-0.05, 0) is 81.8 Å². The molecule has 1 saturated heterocycles. The highest BCUT2D eigenvalue weighted by molar-refractivity contribution is 5.96. The third-order valence-corrected chi connectivity index (χ3v) is 7.37. The quantitative estimate of drug-likeness (QED) is 0.359. The fourth-order valence-corrected chi connectivity index (χ4v) is 4.98. The van der Waals surface area contributed by atoms with Crippen LogP contribution in [0.5, 0.6) is 0 Å². The maximum Gasteiger partial charge on any atom is 0.224 e. The predicted octanol–water partition coefficient (Wildman–Crippen LogP) is 4.35. The number of fused-ring (bicyclic) bond motifs is 1. The summed E-state index contributed by atoms with van der Waals surface area (Å²) >= 11 is 0. The van der Waals surface area contributed by atoms with Gasteiger partial charge in [0.25, 0.3) is 0 Å². The van der Waals surface area contributed by atoms with E-state index in [2.05, 4.69) is 83.5 Å². The molecule has 3 aromatic rings. The number of aromatic nitrogens is 1. The minimum Gasteiger partial charge on any atom is -0.372 e. The van der Waals surface area contributed by atoms with Crippen LogP contribution in [-0.4, -0.2) is 74.6 Å². The Hall–Kier alpha value is -3.65. The second-order valence-electron chi connectivity index (χ2n) is 10.5. The summed E-state index contributed by atoms with van der Waals surface area (Å²) in [6, 6.07) is 16.4. The Morgan fingerprint density at radius 1 is 0.974 bits per heavy atom. The second-order valence-corrected chi connectivity index (χ2v) is 10.5. The van der Waals surface area contributed by atoms with Crippen molar-refractivity contribution in [1.82, 2.24) is 15.2 Å². The van der Waals surface area contributed by atoms with Gasteiger partial charge in [0.05, 0.1) is 5.52 Å². The molecule has 1 fully saturated rings. The van der Waals surface area contributed by atoms with Crippen molar-refractivity contribution in [2.24, 2.45) is 0 Å². The Bertz CT molecular complexity index is 1290. The molecule has 2 N–H and O–H groups in total. The SMILES string of the molecule is CCN(CCCNC(=O)CCC(=O)Nc1ccc2nc(N3CCN(C)CC3)cc(C)c2c1)c1cccc(C)c1. The zero-order chi connectivity index (χ0) is 27.8. The van der Waals surface area contributed by atoms with Crippen molar-refractivity contribution in [3.8, 4) is 0 Å². The number of anilines is 3. The summed E-state index contributed by atoms with van der Waals surface area (Å²) in [6.07, 6.45) is 1.16. The summed E-state index contributed by atoms with van der Waals surface area (Å²) in [6.45, 7) is 12.7. The van der Waals surface area contributed by atoms with Crippen LogP contribution < -0.4 is 20.4 Å². The smallest absolute Gasteiger partial charge is 0.224 e. The van der Waals surface area contributed by atoms with Gasteiger partial charge in [0, 0.05) is 75.4 Å². The van der Waals surface area contributed by atoms with Gasteiger partial charge in [0.2, 0.25) is 11.8 Å². The molecule has 208 valence electrons. The van der Waals surface area contributed by atoms with Crippen LogP contribution in [-0.2, 0) is 9.59 Å². The first kappa shape index (κ1) is 28.4. The van der Waals surface area contributed by atoms with E-state index in [0.717, 1.165) is 73.7 Å². The lowest BCUT2D eigenvalue weighted by Gasteiger charge is -2.33. The maximum atomic E-state index is 12.5. The molecule has 2 aromatic carbocycles. The van der Waals surface area contributed by atoms with Crippen LogP contribution in [0.4, 0.5) is 17.2 Å². The molecule has 2 heterocycles. The number of likely N-dealkylation sites (N-methyl/N-ethyl adjacent to an activating group) is 1. The van der Waals surface area contributed by atoms with Crippen molar-refractivity contribution in [2.75, 3.05) is 68.0 Å². The molecule has 0 aliphatic carbocycles. The minimum absolute atomic E-state index is 0.0984. The van der Waals surface area contributed by atoms with Crippen LogP contribution in [0.2, 0.25) is 0 Å². The van der Waals surface area contributed by atoms with E-state index in [1.165, 1.54) is 11.3 Å². The van der Waals surface area contributed by atoms with E-state index in [1.807, 2.05) is 18.2 Å². The molecular formula is C31H42N6O2. The molecule has 0 atom stereocenters. The Morgan fingerprint density at radius 3 is 2.49 bits per heavy atom. The molecule has 8 heteroatoms. The van der Waals surface area contributed by atoms with Gasteiger partial charge in [-0.2, -0.15) is 0 Å². The second kappa shape index (κ2) is 13.4. The van der Waals surface area contributed by atoms with Gasteiger partial charge in [0.1, 0.15) is 5.82 Å². The van der Waals surface area contributed by atoms with Crippen molar-refractivity contribution in [1.29, 1.82) is 0 Å². The first-order valence-corrected chi connectivity index (χ1v) is 14.1. The number of rotatable bonds is 11. The number of aryl methyl sites for hydroxylation is 2. The lowest BCUT2D eigenvalue weighted by Crippen LogP contribution is -2.44. The summed E-state index contributed by atoms with van der Waals surface area (Å²) in [5, 5.41) is 6.92. The predicted molar refractivity (Wildman–Crippen MR) is 161 cm³/mol. The molecule has 0 radical (unpaired) electrons. The van der Waals surface area contributed by atoms with Crippen molar-refractivity contribution in [3.05, 3.63) is 59.7 Å². The van der Waals surface area contributed by atoms with Crippen molar-refractivity contribution >= 4 is 39.9 Å². The summed E-state index contributed by atoms with van der Waals surface area (Å²) in [4.78, 5) is 36.7. The molecule has 0 bridgehead atoms. The largest absolute Gasteiger partial charge is 0.372 e. The lowest BCUT2D eigenvalue weighted by atomic mass is 10.1. The first-order chi connectivity index (χ1) is 18.8. The molecule has 4 rings (SSSR count). The number of pyridine rings is 1. The van der Waals surface area contributed by atoms with Crippen LogP contribution in [0, 0.1) is 13.8 Å². The lowest BCUT2D eigenvalue weighted by molar-refractivity contribution is -0.124. The van der Waals surface area contributed by atoms with Crippen LogP contribution in [0.25, 0.3) is 10.9 Å². The van der Waals surface area contributed by atoms with Crippen LogP contribution in [0.3, 0.4) is 0 Å². The Labute approximate surface area is 232 Å². The maximum absolute atomic E-state index is 12.5. The molecular weight excluding hydrogens is 488 g/mol. The van der Waals surface area contributed by atoms with Gasteiger partial charge in [-0.3, -0.25) is 9.59 Å². The van der Waals surface area contributed by atoms with E-state index < -0.39 is 0 Å². The molecule has 1 aromatic heterocycles. The van der Waals surface area contributed by atoms with Crippen molar-refractivity contribution in [2.45, 2.75) is 40.0 Å². The third-order valence-electron chi connectivity index (χ3n) is 7.37.